The maximum absolute atomic E-state index is 12.1. The SMILES string of the molecule is CC1=CC[C@H]2[C@@H](C1)[C@H]1O[C@@H]2C(Br)=C(Br)C1=O. The molecule has 0 amide bonds. The van der Waals surface area contributed by atoms with Crippen molar-refractivity contribution >= 4 is 37.6 Å². The number of hydrogen-bond donors (Lipinski definition) is 0. The molecule has 3 aliphatic rings. The number of Topliss-reactive ketones (excluding diaryl/α,β-unsaturated/α-hetero) is 1. The number of hydrogen-bond acceptors (Lipinski definition) is 2. The van der Waals surface area contributed by atoms with Crippen molar-refractivity contribution in [3.8, 4) is 0 Å². The van der Waals surface area contributed by atoms with Gasteiger partial charge in [-0.25, -0.2) is 0 Å². The highest BCUT2D eigenvalue weighted by atomic mass is 79.9. The fraction of sp³-hybridized carbons (Fsp3) is 0.583. The van der Waals surface area contributed by atoms with Gasteiger partial charge in [0.15, 0.2) is 5.78 Å². The summed E-state index contributed by atoms with van der Waals surface area (Å²) < 4.78 is 7.45. The number of allylic oxidation sites excluding steroid dienone is 2. The molecule has 0 radical (unpaired) electrons. The lowest BCUT2D eigenvalue weighted by atomic mass is 9.77. The Bertz CT molecular complexity index is 425. The summed E-state index contributed by atoms with van der Waals surface area (Å²) in [6.07, 6.45) is 4.16. The molecule has 2 aliphatic heterocycles. The lowest BCUT2D eigenvalue weighted by Gasteiger charge is -2.25. The molecular weight excluding hydrogens is 336 g/mol. The molecule has 2 bridgehead atoms. The van der Waals surface area contributed by atoms with Gasteiger partial charge in [-0.2, -0.15) is 0 Å². The Morgan fingerprint density at radius 1 is 1.31 bits per heavy atom. The monoisotopic (exact) mass is 346 g/mol. The highest BCUT2D eigenvalue weighted by Crippen LogP contribution is 2.50. The zero-order chi connectivity index (χ0) is 11.4. The maximum Gasteiger partial charge on any atom is 0.199 e. The third kappa shape index (κ3) is 1.42. The summed E-state index contributed by atoms with van der Waals surface area (Å²) in [7, 11) is 0. The molecule has 0 saturated carbocycles. The first-order valence-electron chi connectivity index (χ1n) is 5.50. The molecule has 0 aromatic carbocycles. The molecule has 16 heavy (non-hydrogen) atoms. The zero-order valence-corrected chi connectivity index (χ0v) is 12.0. The van der Waals surface area contributed by atoms with Crippen molar-refractivity contribution in [3.63, 3.8) is 0 Å². The van der Waals surface area contributed by atoms with Crippen molar-refractivity contribution in [3.05, 3.63) is 20.6 Å². The van der Waals surface area contributed by atoms with E-state index in [1.807, 2.05) is 0 Å². The fourth-order valence-corrected chi connectivity index (χ4v) is 4.12. The summed E-state index contributed by atoms with van der Waals surface area (Å²) >= 11 is 6.87. The molecule has 0 spiro atoms. The van der Waals surface area contributed by atoms with Gasteiger partial charge in [-0.15, -0.1) is 0 Å². The molecule has 2 nitrogen and oxygen atoms in total. The average Bonchev–Trinajstić information content (AvgIpc) is 2.60. The van der Waals surface area contributed by atoms with Crippen LogP contribution < -0.4 is 0 Å². The summed E-state index contributed by atoms with van der Waals surface area (Å²) in [6, 6.07) is 0. The smallest absolute Gasteiger partial charge is 0.199 e. The summed E-state index contributed by atoms with van der Waals surface area (Å²) in [5.41, 5.74) is 1.39. The Hall–Kier alpha value is 0.0700. The Morgan fingerprint density at radius 2 is 2.06 bits per heavy atom. The highest BCUT2D eigenvalue weighted by Gasteiger charge is 2.53. The van der Waals surface area contributed by atoms with Crippen LogP contribution in [0.3, 0.4) is 0 Å². The minimum absolute atomic E-state index is 0.0754. The first-order valence-corrected chi connectivity index (χ1v) is 7.08. The maximum atomic E-state index is 12.1. The van der Waals surface area contributed by atoms with E-state index in [0.29, 0.717) is 16.3 Å². The molecule has 1 saturated heterocycles. The molecule has 0 unspecified atom stereocenters. The lowest BCUT2D eigenvalue weighted by molar-refractivity contribution is -0.127. The van der Waals surface area contributed by atoms with Crippen molar-refractivity contribution in [2.75, 3.05) is 0 Å². The topological polar surface area (TPSA) is 26.3 Å². The van der Waals surface area contributed by atoms with Crippen LogP contribution in [0.15, 0.2) is 20.6 Å². The summed E-state index contributed by atoms with van der Waals surface area (Å²) in [5.74, 6) is 0.928. The summed E-state index contributed by atoms with van der Waals surface area (Å²) in [5, 5.41) is 0. The third-order valence-electron chi connectivity index (χ3n) is 3.85. The van der Waals surface area contributed by atoms with Crippen molar-refractivity contribution in [1.29, 1.82) is 0 Å². The number of fused-ring (bicyclic) bond motifs is 5. The van der Waals surface area contributed by atoms with E-state index in [0.717, 1.165) is 17.3 Å². The second-order valence-electron chi connectivity index (χ2n) is 4.82. The van der Waals surface area contributed by atoms with Crippen molar-refractivity contribution in [2.24, 2.45) is 11.8 Å². The number of carbonyl (C=O) groups is 1. The van der Waals surface area contributed by atoms with E-state index in [-0.39, 0.29) is 18.0 Å². The molecule has 0 aromatic rings. The number of halogens is 2. The van der Waals surface area contributed by atoms with Gasteiger partial charge in [0.05, 0.1) is 10.6 Å². The van der Waals surface area contributed by atoms with E-state index in [9.17, 15) is 4.79 Å². The third-order valence-corrected chi connectivity index (χ3v) is 6.05. The minimum Gasteiger partial charge on any atom is -0.361 e. The predicted octanol–water partition coefficient (Wildman–Crippen LogP) is 3.31. The van der Waals surface area contributed by atoms with Crippen LogP contribution in [0.25, 0.3) is 0 Å². The molecule has 4 heteroatoms. The quantitative estimate of drug-likeness (QED) is 0.628. The van der Waals surface area contributed by atoms with Crippen LogP contribution in [0.1, 0.15) is 19.8 Å². The Balaban J connectivity index is 2.02. The molecule has 0 aromatic heterocycles. The first-order chi connectivity index (χ1) is 7.59. The molecule has 86 valence electrons. The van der Waals surface area contributed by atoms with E-state index in [1.165, 1.54) is 5.57 Å². The van der Waals surface area contributed by atoms with Crippen LogP contribution in [0, 0.1) is 11.8 Å². The molecule has 2 heterocycles. The standard InChI is InChI=1S/C12H12Br2O2/c1-5-2-3-6-7(4-5)12-10(15)8(13)9(14)11(6)16-12/h2,6-7,11-12H,3-4H2,1H3/t6-,7+,11-,12+/m0/s1. The van der Waals surface area contributed by atoms with Crippen LogP contribution in [-0.4, -0.2) is 18.0 Å². The Kier molecular flexibility index (Phi) is 2.64. The average molecular weight is 348 g/mol. The first kappa shape index (κ1) is 11.2. The van der Waals surface area contributed by atoms with Gasteiger partial charge < -0.3 is 4.74 Å². The molecular formula is C12H12Br2O2. The molecule has 1 fully saturated rings. The highest BCUT2D eigenvalue weighted by molar-refractivity contribution is 9.14. The minimum atomic E-state index is -0.227. The largest absolute Gasteiger partial charge is 0.361 e. The van der Waals surface area contributed by atoms with Gasteiger partial charge in [0.1, 0.15) is 6.10 Å². The van der Waals surface area contributed by atoms with Crippen molar-refractivity contribution in [2.45, 2.75) is 32.0 Å². The van der Waals surface area contributed by atoms with Crippen molar-refractivity contribution in [1.82, 2.24) is 0 Å². The van der Waals surface area contributed by atoms with Crippen LogP contribution in [0.5, 0.6) is 0 Å². The van der Waals surface area contributed by atoms with Gasteiger partial charge in [0, 0.05) is 10.4 Å². The number of rotatable bonds is 0. The van der Waals surface area contributed by atoms with Gasteiger partial charge in [0.2, 0.25) is 0 Å². The van der Waals surface area contributed by atoms with Gasteiger partial charge in [-0.1, -0.05) is 27.6 Å². The number of ether oxygens (including phenoxy) is 1. The summed E-state index contributed by atoms with van der Waals surface area (Å²) in [4.78, 5) is 12.1. The van der Waals surface area contributed by atoms with E-state index in [2.05, 4.69) is 44.9 Å². The van der Waals surface area contributed by atoms with Gasteiger partial charge in [-0.3, -0.25) is 4.79 Å². The van der Waals surface area contributed by atoms with Gasteiger partial charge in [-0.05, 0) is 41.6 Å². The summed E-state index contributed by atoms with van der Waals surface area (Å²) in [6.45, 7) is 2.14. The van der Waals surface area contributed by atoms with Gasteiger partial charge >= 0.3 is 0 Å². The normalized spacial score (nSPS) is 42.2. The Labute approximate surface area is 111 Å². The zero-order valence-electron chi connectivity index (χ0n) is 8.87. The van der Waals surface area contributed by atoms with Gasteiger partial charge in [0.25, 0.3) is 0 Å². The number of ketones is 1. The van der Waals surface area contributed by atoms with E-state index in [1.54, 1.807) is 0 Å². The van der Waals surface area contributed by atoms with Crippen LogP contribution >= 0.6 is 31.9 Å². The second-order valence-corrected chi connectivity index (χ2v) is 6.47. The molecule has 3 rings (SSSR count). The van der Waals surface area contributed by atoms with Crippen molar-refractivity contribution < 1.29 is 9.53 Å². The van der Waals surface area contributed by atoms with Crippen LogP contribution in [0.4, 0.5) is 0 Å². The second kappa shape index (κ2) is 3.79. The van der Waals surface area contributed by atoms with E-state index >= 15 is 0 Å². The fourth-order valence-electron chi connectivity index (χ4n) is 3.03. The van der Waals surface area contributed by atoms with Crippen LogP contribution in [0.2, 0.25) is 0 Å². The predicted molar refractivity (Wildman–Crippen MR) is 68.5 cm³/mol. The van der Waals surface area contributed by atoms with E-state index in [4.69, 9.17) is 4.74 Å². The number of carbonyl (C=O) groups excluding carboxylic acids is 1. The Morgan fingerprint density at radius 3 is 2.81 bits per heavy atom. The molecule has 1 aliphatic carbocycles. The lowest BCUT2D eigenvalue weighted by Crippen LogP contribution is -2.31. The molecule has 0 N–H and O–H groups in total. The van der Waals surface area contributed by atoms with Crippen LogP contribution in [-0.2, 0) is 9.53 Å². The van der Waals surface area contributed by atoms with E-state index < -0.39 is 0 Å². The molecule has 4 atom stereocenters.